The van der Waals surface area contributed by atoms with Gasteiger partial charge in [0.05, 0.1) is 5.60 Å². The number of aromatic nitrogens is 2. The van der Waals surface area contributed by atoms with Crippen LogP contribution >= 0.6 is 0 Å². The second-order valence-corrected chi connectivity index (χ2v) is 3.03. The van der Waals surface area contributed by atoms with Gasteiger partial charge in [0, 0.05) is 17.5 Å². The highest BCUT2D eigenvalue weighted by molar-refractivity contribution is 5.20. The van der Waals surface area contributed by atoms with Gasteiger partial charge in [0.25, 0.3) is 0 Å². The predicted molar refractivity (Wildman–Crippen MR) is 40.8 cm³/mol. The van der Waals surface area contributed by atoms with Crippen molar-refractivity contribution in [2.24, 2.45) is 0 Å². The van der Waals surface area contributed by atoms with E-state index in [1.165, 1.54) is 0 Å². The van der Waals surface area contributed by atoms with E-state index >= 15 is 0 Å². The summed E-state index contributed by atoms with van der Waals surface area (Å²) in [6, 6.07) is 0. The number of hydrogen-bond donors (Lipinski definition) is 1. The first-order valence-electron chi connectivity index (χ1n) is 3.44. The lowest BCUT2D eigenvalue weighted by Gasteiger charge is -2.17. The van der Waals surface area contributed by atoms with Crippen molar-refractivity contribution in [1.82, 2.24) is 9.97 Å². The molecule has 3 heteroatoms. The Morgan fingerprint density at radius 3 is 2.55 bits per heavy atom. The van der Waals surface area contributed by atoms with E-state index in [0.717, 1.165) is 11.3 Å². The molecule has 0 saturated carbocycles. The zero-order valence-corrected chi connectivity index (χ0v) is 6.92. The van der Waals surface area contributed by atoms with Gasteiger partial charge in [0.2, 0.25) is 0 Å². The minimum Gasteiger partial charge on any atom is -0.386 e. The second kappa shape index (κ2) is 2.58. The van der Waals surface area contributed by atoms with Crippen LogP contribution in [0.2, 0.25) is 0 Å². The smallest absolute Gasteiger partial charge is 0.197 e. The highest BCUT2D eigenvalue weighted by Crippen LogP contribution is 2.19. The normalized spacial score (nSPS) is 11.6. The number of hydrogen-bond acceptors (Lipinski definition) is 3. The van der Waals surface area contributed by atoms with Gasteiger partial charge in [-0.2, -0.15) is 0 Å². The Morgan fingerprint density at radius 2 is 2.18 bits per heavy atom. The van der Waals surface area contributed by atoms with Crippen LogP contribution in [0, 0.1) is 13.3 Å². The molecular weight excluding hydrogens is 140 g/mol. The van der Waals surface area contributed by atoms with Gasteiger partial charge in [-0.3, -0.25) is 0 Å². The Bertz CT molecular complexity index is 253. The average Bonchev–Trinajstić information content (AvgIpc) is 1.86. The highest BCUT2D eigenvalue weighted by atomic mass is 16.3. The molecule has 1 aromatic heterocycles. The Labute approximate surface area is 66.1 Å². The number of rotatable bonds is 1. The van der Waals surface area contributed by atoms with Crippen molar-refractivity contribution in [2.45, 2.75) is 26.4 Å². The predicted octanol–water partition coefficient (Wildman–Crippen LogP) is 0.813. The van der Waals surface area contributed by atoms with Crippen molar-refractivity contribution >= 4 is 0 Å². The molecule has 1 N–H and O–H groups in total. The fourth-order valence-electron chi connectivity index (χ4n) is 0.952. The van der Waals surface area contributed by atoms with Crippen LogP contribution in [0.1, 0.15) is 25.1 Å². The third kappa shape index (κ3) is 1.74. The van der Waals surface area contributed by atoms with Gasteiger partial charge in [-0.15, -0.1) is 0 Å². The molecular formula is C8H11N2O. The Hall–Kier alpha value is -0.960. The summed E-state index contributed by atoms with van der Waals surface area (Å²) in [5.74, 6) is 0. The molecule has 0 bridgehead atoms. The van der Waals surface area contributed by atoms with Gasteiger partial charge in [0.1, 0.15) is 0 Å². The van der Waals surface area contributed by atoms with Crippen molar-refractivity contribution in [3.8, 4) is 0 Å². The average molecular weight is 151 g/mol. The van der Waals surface area contributed by atoms with Gasteiger partial charge in [-0.1, -0.05) is 0 Å². The maximum absolute atomic E-state index is 9.58. The molecule has 0 aliphatic rings. The molecule has 0 aliphatic heterocycles. The van der Waals surface area contributed by atoms with Gasteiger partial charge < -0.3 is 5.11 Å². The molecule has 0 fully saturated rings. The van der Waals surface area contributed by atoms with Crippen molar-refractivity contribution in [2.75, 3.05) is 0 Å². The van der Waals surface area contributed by atoms with Crippen LogP contribution in [0.5, 0.6) is 0 Å². The summed E-state index contributed by atoms with van der Waals surface area (Å²) in [5, 5.41) is 9.58. The SMILES string of the molecule is Cc1n[c]ncc1C(C)(C)O. The fraction of sp³-hybridized carbons (Fsp3) is 0.500. The summed E-state index contributed by atoms with van der Waals surface area (Å²) < 4.78 is 0. The van der Waals surface area contributed by atoms with Crippen LogP contribution in [0.15, 0.2) is 6.20 Å². The molecule has 1 radical (unpaired) electrons. The lowest BCUT2D eigenvalue weighted by atomic mass is 9.99. The summed E-state index contributed by atoms with van der Waals surface area (Å²) in [6.45, 7) is 5.24. The maximum atomic E-state index is 9.58. The zero-order chi connectivity index (χ0) is 8.48. The van der Waals surface area contributed by atoms with E-state index in [-0.39, 0.29) is 0 Å². The lowest BCUT2D eigenvalue weighted by molar-refractivity contribution is 0.0770. The van der Waals surface area contributed by atoms with Gasteiger partial charge in [0.15, 0.2) is 6.33 Å². The van der Waals surface area contributed by atoms with E-state index in [1.807, 2.05) is 6.92 Å². The first kappa shape index (κ1) is 8.14. The van der Waals surface area contributed by atoms with Crippen LogP contribution in [0.25, 0.3) is 0 Å². The summed E-state index contributed by atoms with van der Waals surface area (Å²) in [5.41, 5.74) is 0.655. The van der Waals surface area contributed by atoms with Gasteiger partial charge in [-0.05, 0) is 20.8 Å². The molecule has 0 spiro atoms. The van der Waals surface area contributed by atoms with Gasteiger partial charge in [-0.25, -0.2) is 9.97 Å². The van der Waals surface area contributed by atoms with Crippen LogP contribution in [-0.4, -0.2) is 15.1 Å². The molecule has 59 valence electrons. The molecule has 0 unspecified atom stereocenters. The molecule has 1 rings (SSSR count). The molecule has 0 aromatic carbocycles. The molecule has 1 aromatic rings. The van der Waals surface area contributed by atoms with Crippen LogP contribution < -0.4 is 0 Å². The Balaban J connectivity index is 3.14. The minimum atomic E-state index is -0.862. The first-order chi connectivity index (χ1) is 5.02. The fourth-order valence-corrected chi connectivity index (χ4v) is 0.952. The van der Waals surface area contributed by atoms with E-state index in [2.05, 4.69) is 16.3 Å². The summed E-state index contributed by atoms with van der Waals surface area (Å²) in [4.78, 5) is 7.57. The van der Waals surface area contributed by atoms with E-state index < -0.39 is 5.60 Å². The summed E-state index contributed by atoms with van der Waals surface area (Å²) in [6.07, 6.45) is 4.05. The third-order valence-corrected chi connectivity index (χ3v) is 1.52. The standard InChI is InChI=1S/C8H11N2O/c1-6-7(8(2,3)11)4-9-5-10-6/h4,11H,1-3H3. The topological polar surface area (TPSA) is 46.0 Å². The lowest BCUT2D eigenvalue weighted by Crippen LogP contribution is -2.18. The minimum absolute atomic E-state index is 0.747. The summed E-state index contributed by atoms with van der Waals surface area (Å²) in [7, 11) is 0. The zero-order valence-electron chi connectivity index (χ0n) is 6.92. The van der Waals surface area contributed by atoms with E-state index in [1.54, 1.807) is 20.0 Å². The second-order valence-electron chi connectivity index (χ2n) is 3.03. The van der Waals surface area contributed by atoms with Gasteiger partial charge >= 0.3 is 0 Å². The van der Waals surface area contributed by atoms with E-state index in [9.17, 15) is 5.11 Å². The Morgan fingerprint density at radius 1 is 1.55 bits per heavy atom. The number of aliphatic hydroxyl groups is 1. The molecule has 3 nitrogen and oxygen atoms in total. The van der Waals surface area contributed by atoms with Crippen molar-refractivity contribution in [3.05, 3.63) is 23.8 Å². The molecule has 0 aliphatic carbocycles. The van der Waals surface area contributed by atoms with E-state index in [4.69, 9.17) is 0 Å². The van der Waals surface area contributed by atoms with Crippen LogP contribution in [0.3, 0.4) is 0 Å². The number of aryl methyl sites for hydroxylation is 1. The number of nitrogens with zero attached hydrogens (tertiary/aromatic N) is 2. The largest absolute Gasteiger partial charge is 0.386 e. The molecule has 11 heavy (non-hydrogen) atoms. The molecule has 1 heterocycles. The molecule has 0 atom stereocenters. The van der Waals surface area contributed by atoms with Crippen molar-refractivity contribution < 1.29 is 5.11 Å². The quantitative estimate of drug-likeness (QED) is 0.646. The summed E-state index contributed by atoms with van der Waals surface area (Å²) >= 11 is 0. The van der Waals surface area contributed by atoms with Crippen LogP contribution in [0.4, 0.5) is 0 Å². The third-order valence-electron chi connectivity index (χ3n) is 1.52. The highest BCUT2D eigenvalue weighted by Gasteiger charge is 2.18. The van der Waals surface area contributed by atoms with Crippen LogP contribution in [-0.2, 0) is 5.60 Å². The Kier molecular flexibility index (Phi) is 1.91. The maximum Gasteiger partial charge on any atom is 0.197 e. The first-order valence-corrected chi connectivity index (χ1v) is 3.44. The molecule has 0 saturated heterocycles. The monoisotopic (exact) mass is 151 g/mol. The molecule has 0 amide bonds. The van der Waals surface area contributed by atoms with Crippen molar-refractivity contribution in [3.63, 3.8) is 0 Å². The van der Waals surface area contributed by atoms with E-state index in [0.29, 0.717) is 0 Å². The van der Waals surface area contributed by atoms with Crippen molar-refractivity contribution in [1.29, 1.82) is 0 Å².